The van der Waals surface area contributed by atoms with Crippen LogP contribution in [-0.4, -0.2) is 20.1 Å². The maximum absolute atomic E-state index is 12.1. The summed E-state index contributed by atoms with van der Waals surface area (Å²) in [6, 6.07) is 1.78. The highest BCUT2D eigenvalue weighted by molar-refractivity contribution is 7.84. The molecule has 0 saturated heterocycles. The molecule has 0 bridgehead atoms. The third kappa shape index (κ3) is 2.19. The molecular weight excluding hydrogens is 276 g/mol. The molecular formula is C10H12N2O2S3. The molecule has 0 saturated carbocycles. The molecule has 7 heteroatoms. The fraction of sp³-hybridized carbons (Fsp3) is 0.400. The van der Waals surface area contributed by atoms with Crippen LogP contribution in [0, 0.1) is 0 Å². The van der Waals surface area contributed by atoms with Gasteiger partial charge in [-0.05, 0) is 11.4 Å². The summed E-state index contributed by atoms with van der Waals surface area (Å²) in [4.78, 5) is 24.1. The molecule has 0 amide bonds. The SMILES string of the molecule is Cn1c(=O)n(CC(S)CS)c(=O)c2sccc21. The van der Waals surface area contributed by atoms with Crippen molar-refractivity contribution < 1.29 is 0 Å². The van der Waals surface area contributed by atoms with E-state index < -0.39 is 0 Å². The number of hydrogen-bond acceptors (Lipinski definition) is 5. The number of thiol groups is 2. The molecule has 2 aromatic heterocycles. The second-order valence-electron chi connectivity index (χ2n) is 3.73. The summed E-state index contributed by atoms with van der Waals surface area (Å²) in [7, 11) is 1.67. The van der Waals surface area contributed by atoms with Crippen LogP contribution in [0.5, 0.6) is 0 Å². The van der Waals surface area contributed by atoms with Crippen molar-refractivity contribution in [1.82, 2.24) is 9.13 Å². The van der Waals surface area contributed by atoms with Gasteiger partial charge in [-0.25, -0.2) is 4.79 Å². The zero-order valence-electron chi connectivity index (χ0n) is 9.16. The zero-order valence-corrected chi connectivity index (χ0v) is 11.8. The van der Waals surface area contributed by atoms with E-state index in [-0.39, 0.29) is 23.0 Å². The van der Waals surface area contributed by atoms with Gasteiger partial charge in [0.1, 0.15) is 4.70 Å². The van der Waals surface area contributed by atoms with Crippen LogP contribution in [0.1, 0.15) is 0 Å². The molecule has 1 unspecified atom stereocenters. The summed E-state index contributed by atoms with van der Waals surface area (Å²) >= 11 is 9.72. The van der Waals surface area contributed by atoms with Crippen molar-refractivity contribution in [3.63, 3.8) is 0 Å². The summed E-state index contributed by atoms with van der Waals surface area (Å²) in [6.07, 6.45) is 0. The molecule has 0 aliphatic carbocycles. The van der Waals surface area contributed by atoms with E-state index >= 15 is 0 Å². The van der Waals surface area contributed by atoms with E-state index in [1.54, 1.807) is 13.1 Å². The third-order valence-corrected chi connectivity index (χ3v) is 4.53. The van der Waals surface area contributed by atoms with Crippen molar-refractivity contribution in [1.29, 1.82) is 0 Å². The predicted octanol–water partition coefficient (Wildman–Crippen LogP) is 0.990. The molecule has 1 atom stereocenters. The van der Waals surface area contributed by atoms with Gasteiger partial charge in [-0.3, -0.25) is 13.9 Å². The van der Waals surface area contributed by atoms with E-state index in [1.807, 2.05) is 5.38 Å². The normalized spacial score (nSPS) is 13.1. The van der Waals surface area contributed by atoms with Crippen LogP contribution in [0.25, 0.3) is 10.2 Å². The average molecular weight is 288 g/mol. The van der Waals surface area contributed by atoms with Crippen LogP contribution in [0.3, 0.4) is 0 Å². The van der Waals surface area contributed by atoms with E-state index in [4.69, 9.17) is 0 Å². The van der Waals surface area contributed by atoms with Gasteiger partial charge in [0.25, 0.3) is 5.56 Å². The van der Waals surface area contributed by atoms with Crippen LogP contribution in [0.2, 0.25) is 0 Å². The van der Waals surface area contributed by atoms with Crippen LogP contribution >= 0.6 is 36.6 Å². The summed E-state index contributed by atoms with van der Waals surface area (Å²) in [5, 5.41) is 1.70. The molecule has 2 heterocycles. The Morgan fingerprint density at radius 3 is 2.82 bits per heavy atom. The van der Waals surface area contributed by atoms with Crippen molar-refractivity contribution in [2.45, 2.75) is 11.8 Å². The Morgan fingerprint density at radius 2 is 2.18 bits per heavy atom. The van der Waals surface area contributed by atoms with Gasteiger partial charge in [-0.1, -0.05) is 0 Å². The van der Waals surface area contributed by atoms with E-state index in [1.165, 1.54) is 20.5 Å². The number of hydrogen-bond donors (Lipinski definition) is 2. The van der Waals surface area contributed by atoms with Gasteiger partial charge in [0.05, 0.1) is 5.52 Å². The first-order valence-corrected chi connectivity index (χ1v) is 7.05. The fourth-order valence-electron chi connectivity index (χ4n) is 1.65. The molecule has 0 fully saturated rings. The van der Waals surface area contributed by atoms with E-state index in [0.717, 1.165) is 0 Å². The number of rotatable bonds is 3. The topological polar surface area (TPSA) is 44.0 Å². The molecule has 0 aliphatic rings. The Morgan fingerprint density at radius 1 is 1.47 bits per heavy atom. The molecule has 2 aromatic rings. The molecule has 92 valence electrons. The maximum atomic E-state index is 12.1. The van der Waals surface area contributed by atoms with Gasteiger partial charge >= 0.3 is 5.69 Å². The Kier molecular flexibility index (Phi) is 3.70. The van der Waals surface area contributed by atoms with E-state index in [9.17, 15) is 9.59 Å². The van der Waals surface area contributed by atoms with Crippen LogP contribution in [-0.2, 0) is 13.6 Å². The number of thiophene rings is 1. The number of aromatic nitrogens is 2. The zero-order chi connectivity index (χ0) is 12.6. The molecule has 2 rings (SSSR count). The minimum atomic E-state index is -0.304. The lowest BCUT2D eigenvalue weighted by molar-refractivity contribution is 0.608. The monoisotopic (exact) mass is 288 g/mol. The lowest BCUT2D eigenvalue weighted by atomic mass is 10.4. The van der Waals surface area contributed by atoms with E-state index in [0.29, 0.717) is 16.0 Å². The van der Waals surface area contributed by atoms with Gasteiger partial charge in [0, 0.05) is 24.6 Å². The number of aryl methyl sites for hydroxylation is 1. The molecule has 0 aliphatic heterocycles. The summed E-state index contributed by atoms with van der Waals surface area (Å²) in [5.41, 5.74) is 0.142. The van der Waals surface area contributed by atoms with Gasteiger partial charge in [-0.15, -0.1) is 11.3 Å². The summed E-state index contributed by atoms with van der Waals surface area (Å²) in [5.74, 6) is 0.515. The van der Waals surface area contributed by atoms with Crippen molar-refractivity contribution in [2.75, 3.05) is 5.75 Å². The first-order valence-electron chi connectivity index (χ1n) is 5.02. The molecule has 17 heavy (non-hydrogen) atoms. The second-order valence-corrected chi connectivity index (χ2v) is 5.74. The molecule has 0 N–H and O–H groups in total. The third-order valence-electron chi connectivity index (χ3n) is 2.57. The van der Waals surface area contributed by atoms with Crippen molar-refractivity contribution >= 4 is 46.8 Å². The van der Waals surface area contributed by atoms with Gasteiger partial charge in [0.15, 0.2) is 0 Å². The standard InChI is InChI=1S/C10H12N2O2S3/c1-11-7-2-3-17-8(7)9(13)12(10(11)14)4-6(16)5-15/h2-3,6,15-16H,4-5H2,1H3. The van der Waals surface area contributed by atoms with Crippen LogP contribution in [0.15, 0.2) is 21.0 Å². The largest absolute Gasteiger partial charge is 0.331 e. The Labute approximate surface area is 113 Å². The quantitative estimate of drug-likeness (QED) is 0.827. The smallest absolute Gasteiger partial charge is 0.295 e. The van der Waals surface area contributed by atoms with Crippen molar-refractivity contribution in [3.05, 3.63) is 32.3 Å². The second kappa shape index (κ2) is 4.91. The first kappa shape index (κ1) is 12.8. The number of nitrogens with zero attached hydrogens (tertiary/aromatic N) is 2. The van der Waals surface area contributed by atoms with Crippen molar-refractivity contribution in [3.8, 4) is 0 Å². The highest BCUT2D eigenvalue weighted by atomic mass is 32.1. The van der Waals surface area contributed by atoms with Gasteiger partial charge in [0.2, 0.25) is 0 Å². The number of fused-ring (bicyclic) bond motifs is 1. The fourth-order valence-corrected chi connectivity index (χ4v) is 2.80. The molecule has 0 spiro atoms. The highest BCUT2D eigenvalue weighted by Crippen LogP contribution is 2.14. The Bertz CT molecular complexity index is 656. The van der Waals surface area contributed by atoms with Crippen LogP contribution in [0.4, 0.5) is 0 Å². The minimum absolute atomic E-state index is 0.110. The molecule has 0 radical (unpaired) electrons. The Hall–Kier alpha value is -0.660. The lowest BCUT2D eigenvalue weighted by Gasteiger charge is -2.11. The highest BCUT2D eigenvalue weighted by Gasteiger charge is 2.13. The maximum Gasteiger partial charge on any atom is 0.331 e. The van der Waals surface area contributed by atoms with Gasteiger partial charge in [-0.2, -0.15) is 25.3 Å². The first-order chi connectivity index (χ1) is 8.06. The molecule has 0 aromatic carbocycles. The average Bonchev–Trinajstić information content (AvgIpc) is 2.80. The minimum Gasteiger partial charge on any atom is -0.295 e. The molecule has 4 nitrogen and oxygen atoms in total. The predicted molar refractivity (Wildman–Crippen MR) is 78.0 cm³/mol. The van der Waals surface area contributed by atoms with Crippen molar-refractivity contribution in [2.24, 2.45) is 7.05 Å². The van der Waals surface area contributed by atoms with Crippen LogP contribution < -0.4 is 11.2 Å². The lowest BCUT2D eigenvalue weighted by Crippen LogP contribution is -2.40. The summed E-state index contributed by atoms with van der Waals surface area (Å²) in [6.45, 7) is 0.284. The Balaban J connectivity index is 2.71. The van der Waals surface area contributed by atoms with Gasteiger partial charge < -0.3 is 0 Å². The summed E-state index contributed by atoms with van der Waals surface area (Å²) < 4.78 is 3.32. The van der Waals surface area contributed by atoms with E-state index in [2.05, 4.69) is 25.3 Å².